The Labute approximate surface area is 145 Å². The fourth-order valence-corrected chi connectivity index (χ4v) is 3.34. The summed E-state index contributed by atoms with van der Waals surface area (Å²) in [6.45, 7) is 2.13. The van der Waals surface area contributed by atoms with E-state index in [1.807, 2.05) is 19.1 Å². The number of rotatable bonds is 4. The molecule has 2 heterocycles. The Morgan fingerprint density at radius 1 is 1.36 bits per heavy atom. The highest BCUT2D eigenvalue weighted by atomic mass is 19.1. The van der Waals surface area contributed by atoms with Crippen LogP contribution in [0.4, 0.5) is 4.39 Å². The summed E-state index contributed by atoms with van der Waals surface area (Å²) in [6, 6.07) is 9.26. The Kier molecular flexibility index (Phi) is 4.88. The number of furan rings is 1. The van der Waals surface area contributed by atoms with E-state index in [-0.39, 0.29) is 24.2 Å². The Hall–Kier alpha value is -2.63. The fraction of sp³-hybridized carbons (Fsp3) is 0.368. The number of hydrogen-bond donors (Lipinski definition) is 1. The van der Waals surface area contributed by atoms with Crippen molar-refractivity contribution in [3.63, 3.8) is 0 Å². The molecule has 1 aromatic heterocycles. The Morgan fingerprint density at radius 2 is 2.16 bits per heavy atom. The molecule has 3 rings (SSSR count). The Balaban J connectivity index is 1.79. The summed E-state index contributed by atoms with van der Waals surface area (Å²) in [5.41, 5.74) is 0.629. The number of likely N-dealkylation sites (tertiary alicyclic amines) is 1. The third kappa shape index (κ3) is 3.73. The van der Waals surface area contributed by atoms with Gasteiger partial charge in [-0.15, -0.1) is 0 Å². The van der Waals surface area contributed by atoms with E-state index in [0.29, 0.717) is 24.2 Å². The Bertz CT molecular complexity index is 786. The molecule has 0 aliphatic carbocycles. The van der Waals surface area contributed by atoms with Crippen molar-refractivity contribution in [1.82, 2.24) is 10.2 Å². The van der Waals surface area contributed by atoms with E-state index in [2.05, 4.69) is 5.32 Å². The minimum atomic E-state index is -0.477. The molecular weight excluding hydrogens is 323 g/mol. The van der Waals surface area contributed by atoms with Crippen LogP contribution in [-0.4, -0.2) is 23.8 Å². The van der Waals surface area contributed by atoms with Gasteiger partial charge in [-0.25, -0.2) is 4.39 Å². The second-order valence-electron chi connectivity index (χ2n) is 6.38. The minimum Gasteiger partial charge on any atom is -0.465 e. The Morgan fingerprint density at radius 3 is 2.84 bits per heavy atom. The smallest absolute Gasteiger partial charge is 0.225 e. The van der Waals surface area contributed by atoms with Crippen LogP contribution in [0.3, 0.4) is 0 Å². The van der Waals surface area contributed by atoms with E-state index < -0.39 is 12.0 Å². The molecule has 0 radical (unpaired) electrons. The number of carbonyl (C=O) groups is 2. The van der Waals surface area contributed by atoms with E-state index in [0.717, 1.165) is 5.76 Å². The second kappa shape index (κ2) is 7.09. The van der Waals surface area contributed by atoms with Crippen LogP contribution in [0.25, 0.3) is 0 Å². The van der Waals surface area contributed by atoms with E-state index in [9.17, 15) is 14.0 Å². The molecule has 1 aromatic carbocycles. The minimum absolute atomic E-state index is 0.0417. The summed E-state index contributed by atoms with van der Waals surface area (Å²) in [4.78, 5) is 26.4. The van der Waals surface area contributed by atoms with E-state index >= 15 is 0 Å². The number of nitrogens with zero attached hydrogens (tertiary/aromatic N) is 1. The number of piperidine rings is 1. The maximum atomic E-state index is 13.6. The summed E-state index contributed by atoms with van der Waals surface area (Å²) in [5.74, 6) is 0.440. The van der Waals surface area contributed by atoms with Gasteiger partial charge in [0.05, 0.1) is 18.5 Å². The molecule has 2 atom stereocenters. The van der Waals surface area contributed by atoms with E-state index in [1.165, 1.54) is 12.1 Å². The molecule has 1 fully saturated rings. The average molecular weight is 344 g/mol. The van der Waals surface area contributed by atoms with Gasteiger partial charge < -0.3 is 14.6 Å². The van der Waals surface area contributed by atoms with Crippen LogP contribution in [-0.2, 0) is 16.1 Å². The summed E-state index contributed by atoms with van der Waals surface area (Å²) in [5, 5.41) is 2.87. The molecule has 2 amide bonds. The van der Waals surface area contributed by atoms with E-state index in [1.54, 1.807) is 24.1 Å². The lowest BCUT2D eigenvalue weighted by molar-refractivity contribution is -0.141. The maximum Gasteiger partial charge on any atom is 0.225 e. The van der Waals surface area contributed by atoms with Crippen molar-refractivity contribution in [2.24, 2.45) is 5.92 Å². The summed E-state index contributed by atoms with van der Waals surface area (Å²) < 4.78 is 19.1. The highest BCUT2D eigenvalue weighted by Gasteiger charge is 2.38. The second-order valence-corrected chi connectivity index (χ2v) is 6.38. The number of aryl methyl sites for hydroxylation is 1. The van der Waals surface area contributed by atoms with Crippen molar-refractivity contribution >= 4 is 11.8 Å². The molecule has 0 bridgehead atoms. The van der Waals surface area contributed by atoms with Gasteiger partial charge in [0, 0.05) is 13.5 Å². The van der Waals surface area contributed by atoms with Crippen LogP contribution in [0.1, 0.15) is 36.0 Å². The monoisotopic (exact) mass is 344 g/mol. The normalized spacial score (nSPS) is 20.6. The molecule has 2 aromatic rings. The number of nitrogens with one attached hydrogen (secondary N) is 1. The van der Waals surface area contributed by atoms with Gasteiger partial charge in [0.1, 0.15) is 17.3 Å². The highest BCUT2D eigenvalue weighted by Crippen LogP contribution is 2.36. The topological polar surface area (TPSA) is 62.6 Å². The summed E-state index contributed by atoms with van der Waals surface area (Å²) in [7, 11) is 1.66. The molecular formula is C19H21FN2O3. The predicted molar refractivity (Wildman–Crippen MR) is 89.9 cm³/mol. The van der Waals surface area contributed by atoms with Crippen LogP contribution in [0.2, 0.25) is 0 Å². The summed E-state index contributed by atoms with van der Waals surface area (Å²) >= 11 is 0. The fourth-order valence-electron chi connectivity index (χ4n) is 3.34. The van der Waals surface area contributed by atoms with Crippen LogP contribution in [0, 0.1) is 18.7 Å². The number of halogens is 1. The quantitative estimate of drug-likeness (QED) is 0.927. The van der Waals surface area contributed by atoms with Crippen molar-refractivity contribution in [3.05, 3.63) is 59.3 Å². The number of carbonyl (C=O) groups excluding carboxylic acids is 2. The first-order valence-electron chi connectivity index (χ1n) is 8.30. The summed E-state index contributed by atoms with van der Waals surface area (Å²) in [6.07, 6.45) is 0.744. The lowest BCUT2D eigenvalue weighted by Crippen LogP contribution is -2.46. The highest BCUT2D eigenvalue weighted by molar-refractivity contribution is 5.84. The zero-order chi connectivity index (χ0) is 18.0. The molecule has 2 unspecified atom stereocenters. The van der Waals surface area contributed by atoms with Gasteiger partial charge >= 0.3 is 0 Å². The van der Waals surface area contributed by atoms with Crippen molar-refractivity contribution in [2.75, 3.05) is 7.05 Å². The molecule has 132 valence electrons. The molecule has 25 heavy (non-hydrogen) atoms. The van der Waals surface area contributed by atoms with Gasteiger partial charge in [0.15, 0.2) is 0 Å². The zero-order valence-corrected chi connectivity index (χ0v) is 14.3. The predicted octanol–water partition coefficient (Wildman–Crippen LogP) is 2.95. The molecule has 1 saturated heterocycles. The third-order valence-electron chi connectivity index (χ3n) is 4.62. The third-order valence-corrected chi connectivity index (χ3v) is 4.62. The van der Waals surface area contributed by atoms with Gasteiger partial charge in [-0.05, 0) is 43.2 Å². The van der Waals surface area contributed by atoms with Crippen LogP contribution >= 0.6 is 0 Å². The largest absolute Gasteiger partial charge is 0.465 e. The standard InChI is InChI=1S/C19H21FN2O3/c1-12-6-7-15(25-12)11-21-19(24)16-8-9-17(23)22(2)18(16)13-4-3-5-14(20)10-13/h3-7,10,16,18H,8-9,11H2,1-2H3,(H,21,24). The molecule has 1 N–H and O–H groups in total. The van der Waals surface area contributed by atoms with Gasteiger partial charge in [-0.1, -0.05) is 12.1 Å². The SMILES string of the molecule is Cc1ccc(CNC(=O)C2CCC(=O)N(C)C2c2cccc(F)c2)o1. The van der Waals surface area contributed by atoms with E-state index in [4.69, 9.17) is 4.42 Å². The lowest BCUT2D eigenvalue weighted by Gasteiger charge is -2.38. The molecule has 0 spiro atoms. The van der Waals surface area contributed by atoms with Crippen LogP contribution < -0.4 is 5.32 Å². The van der Waals surface area contributed by atoms with Gasteiger partial charge in [0.25, 0.3) is 0 Å². The lowest BCUT2D eigenvalue weighted by atomic mass is 9.84. The maximum absolute atomic E-state index is 13.6. The average Bonchev–Trinajstić information content (AvgIpc) is 3.00. The van der Waals surface area contributed by atoms with Crippen molar-refractivity contribution in [1.29, 1.82) is 0 Å². The first-order chi connectivity index (χ1) is 12.0. The van der Waals surface area contributed by atoms with Crippen LogP contribution in [0.15, 0.2) is 40.8 Å². The molecule has 0 saturated carbocycles. The molecule has 1 aliphatic heterocycles. The van der Waals surface area contributed by atoms with Gasteiger partial charge in [-0.3, -0.25) is 9.59 Å². The van der Waals surface area contributed by atoms with Crippen LogP contribution in [0.5, 0.6) is 0 Å². The molecule has 6 heteroatoms. The number of hydrogen-bond acceptors (Lipinski definition) is 3. The molecule has 5 nitrogen and oxygen atoms in total. The zero-order valence-electron chi connectivity index (χ0n) is 14.3. The number of amides is 2. The van der Waals surface area contributed by atoms with Gasteiger partial charge in [0.2, 0.25) is 11.8 Å². The molecule has 1 aliphatic rings. The van der Waals surface area contributed by atoms with Crippen molar-refractivity contribution in [2.45, 2.75) is 32.4 Å². The first kappa shape index (κ1) is 17.2. The first-order valence-corrected chi connectivity index (χ1v) is 8.30. The van der Waals surface area contributed by atoms with Gasteiger partial charge in [-0.2, -0.15) is 0 Å². The van der Waals surface area contributed by atoms with Crippen molar-refractivity contribution in [3.8, 4) is 0 Å². The number of benzene rings is 1. The van der Waals surface area contributed by atoms with Crippen molar-refractivity contribution < 1.29 is 18.4 Å².